The van der Waals surface area contributed by atoms with Gasteiger partial charge in [0.25, 0.3) is 10.0 Å². The van der Waals surface area contributed by atoms with Crippen LogP contribution in [0.3, 0.4) is 0 Å². The molecule has 0 saturated carbocycles. The third-order valence-corrected chi connectivity index (χ3v) is 5.81. The van der Waals surface area contributed by atoms with Gasteiger partial charge >= 0.3 is 0 Å². The lowest BCUT2D eigenvalue weighted by atomic mass is 10.00. The van der Waals surface area contributed by atoms with E-state index in [2.05, 4.69) is 30.3 Å². The van der Waals surface area contributed by atoms with Crippen LogP contribution in [0.25, 0.3) is 0 Å². The molecule has 5 nitrogen and oxygen atoms in total. The van der Waals surface area contributed by atoms with E-state index in [0.29, 0.717) is 6.04 Å². The van der Waals surface area contributed by atoms with E-state index in [0.717, 1.165) is 37.2 Å². The van der Waals surface area contributed by atoms with Crippen molar-refractivity contribution in [2.45, 2.75) is 63.4 Å². The van der Waals surface area contributed by atoms with Gasteiger partial charge in [0.2, 0.25) is 0 Å². The maximum absolute atomic E-state index is 12.5. The molecule has 114 valence electrons. The molecular weight excluding hydrogens is 274 g/mol. The maximum atomic E-state index is 12.5. The molecule has 0 N–H and O–H groups in total. The van der Waals surface area contributed by atoms with Crippen LogP contribution in [0.15, 0.2) is 5.03 Å². The van der Waals surface area contributed by atoms with Gasteiger partial charge in [-0.2, -0.15) is 0 Å². The molecule has 2 rings (SSSR count). The van der Waals surface area contributed by atoms with Gasteiger partial charge in [-0.05, 0) is 25.7 Å². The van der Waals surface area contributed by atoms with Crippen LogP contribution in [0.1, 0.15) is 63.5 Å². The Morgan fingerprint density at radius 2 is 2.05 bits per heavy atom. The minimum absolute atomic E-state index is 0.229. The maximum Gasteiger partial charge on any atom is 0.261 e. The van der Waals surface area contributed by atoms with Crippen LogP contribution in [-0.2, 0) is 16.4 Å². The largest absolute Gasteiger partial charge is 0.327 e. The fraction of sp³-hybridized carbons (Fsp3) is 0.786. The van der Waals surface area contributed by atoms with Crippen molar-refractivity contribution >= 4 is 10.0 Å². The Balaban J connectivity index is 2.68. The molecule has 1 atom stereocenters. The highest BCUT2D eigenvalue weighted by Gasteiger charge is 2.33. The molecule has 0 fully saturated rings. The average molecular weight is 299 g/mol. The number of imidazole rings is 1. The second-order valence-corrected chi connectivity index (χ2v) is 8.06. The molecule has 6 heteroatoms. The molecule has 1 aliphatic rings. The van der Waals surface area contributed by atoms with Crippen molar-refractivity contribution < 1.29 is 8.42 Å². The number of aromatic nitrogens is 2. The van der Waals surface area contributed by atoms with Crippen molar-refractivity contribution in [1.82, 2.24) is 13.9 Å². The summed E-state index contributed by atoms with van der Waals surface area (Å²) in [4.78, 5) is 4.52. The second-order valence-electron chi connectivity index (χ2n) is 5.99. The van der Waals surface area contributed by atoms with Crippen LogP contribution in [0.4, 0.5) is 0 Å². The summed E-state index contributed by atoms with van der Waals surface area (Å²) in [5.74, 6) is 1.14. The highest BCUT2D eigenvalue weighted by atomic mass is 32.2. The molecule has 0 saturated heterocycles. The van der Waals surface area contributed by atoms with Gasteiger partial charge in [0.15, 0.2) is 5.03 Å². The number of fused-ring (bicyclic) bond motifs is 1. The predicted octanol–water partition coefficient (Wildman–Crippen LogP) is 2.54. The highest BCUT2D eigenvalue weighted by molar-refractivity contribution is 7.89. The molecule has 1 aromatic rings. The summed E-state index contributed by atoms with van der Waals surface area (Å²) in [5.41, 5.74) is 0.903. The quantitative estimate of drug-likeness (QED) is 0.858. The monoisotopic (exact) mass is 299 g/mol. The molecule has 0 aromatic carbocycles. The molecule has 1 aliphatic heterocycles. The van der Waals surface area contributed by atoms with E-state index in [4.69, 9.17) is 0 Å². The van der Waals surface area contributed by atoms with Crippen molar-refractivity contribution in [3.05, 3.63) is 11.5 Å². The van der Waals surface area contributed by atoms with Gasteiger partial charge in [0.1, 0.15) is 5.82 Å². The SMILES string of the molecule is CCC1CCCc2c(S(=O)(=O)N(C)C)nc(C(C)C)n21. The second kappa shape index (κ2) is 5.48. The Bertz CT molecular complexity index is 588. The minimum atomic E-state index is -3.46. The van der Waals surface area contributed by atoms with Crippen molar-refractivity contribution in [1.29, 1.82) is 0 Å². The Morgan fingerprint density at radius 1 is 1.40 bits per heavy atom. The van der Waals surface area contributed by atoms with Crippen LogP contribution in [-0.4, -0.2) is 36.4 Å². The topological polar surface area (TPSA) is 55.2 Å². The first kappa shape index (κ1) is 15.5. The smallest absolute Gasteiger partial charge is 0.261 e. The minimum Gasteiger partial charge on any atom is -0.327 e. The molecule has 0 radical (unpaired) electrons. The first-order valence-corrected chi connectivity index (χ1v) is 8.78. The van der Waals surface area contributed by atoms with Crippen molar-refractivity contribution in [2.24, 2.45) is 0 Å². The number of sulfonamides is 1. The molecule has 20 heavy (non-hydrogen) atoms. The number of nitrogens with zero attached hydrogens (tertiary/aromatic N) is 3. The molecule has 1 aromatic heterocycles. The summed E-state index contributed by atoms with van der Waals surface area (Å²) < 4.78 is 28.4. The van der Waals surface area contributed by atoms with E-state index >= 15 is 0 Å². The molecular formula is C14H25N3O2S. The Labute approximate surface area is 122 Å². The molecule has 0 amide bonds. The lowest BCUT2D eigenvalue weighted by Gasteiger charge is -2.27. The average Bonchev–Trinajstić information content (AvgIpc) is 2.78. The number of hydrogen-bond donors (Lipinski definition) is 0. The normalized spacial score (nSPS) is 19.6. The third kappa shape index (κ3) is 2.39. The van der Waals surface area contributed by atoms with E-state index in [-0.39, 0.29) is 10.9 Å². The summed E-state index contributed by atoms with van der Waals surface area (Å²) in [7, 11) is -0.330. The van der Waals surface area contributed by atoms with E-state index in [9.17, 15) is 8.42 Å². The predicted molar refractivity (Wildman–Crippen MR) is 79.5 cm³/mol. The Hall–Kier alpha value is -0.880. The van der Waals surface area contributed by atoms with E-state index in [1.54, 1.807) is 14.1 Å². The van der Waals surface area contributed by atoms with Gasteiger partial charge < -0.3 is 4.57 Å². The zero-order valence-corrected chi connectivity index (χ0v) is 13.9. The lowest BCUT2D eigenvalue weighted by molar-refractivity contribution is 0.373. The highest BCUT2D eigenvalue weighted by Crippen LogP contribution is 2.35. The summed E-state index contributed by atoms with van der Waals surface area (Å²) in [6, 6.07) is 0.384. The fourth-order valence-electron chi connectivity index (χ4n) is 2.91. The fourth-order valence-corrected chi connectivity index (χ4v) is 3.96. The van der Waals surface area contributed by atoms with E-state index < -0.39 is 10.0 Å². The Kier molecular flexibility index (Phi) is 4.25. The van der Waals surface area contributed by atoms with Crippen LogP contribution in [0.2, 0.25) is 0 Å². The van der Waals surface area contributed by atoms with Crippen molar-refractivity contribution in [3.8, 4) is 0 Å². The Morgan fingerprint density at radius 3 is 2.55 bits per heavy atom. The van der Waals surface area contributed by atoms with Gasteiger partial charge in [-0.25, -0.2) is 17.7 Å². The van der Waals surface area contributed by atoms with E-state index in [1.807, 2.05) is 0 Å². The first-order chi connectivity index (χ1) is 9.30. The summed E-state index contributed by atoms with van der Waals surface area (Å²) in [6.45, 7) is 6.30. The summed E-state index contributed by atoms with van der Waals surface area (Å²) in [6.07, 6.45) is 3.97. The van der Waals surface area contributed by atoms with Crippen LogP contribution in [0.5, 0.6) is 0 Å². The summed E-state index contributed by atoms with van der Waals surface area (Å²) >= 11 is 0. The number of hydrogen-bond acceptors (Lipinski definition) is 3. The van der Waals surface area contributed by atoms with Crippen molar-refractivity contribution in [2.75, 3.05) is 14.1 Å². The number of rotatable bonds is 4. The van der Waals surface area contributed by atoms with Crippen LogP contribution < -0.4 is 0 Å². The van der Waals surface area contributed by atoms with Crippen LogP contribution >= 0.6 is 0 Å². The van der Waals surface area contributed by atoms with E-state index in [1.165, 1.54) is 4.31 Å². The first-order valence-electron chi connectivity index (χ1n) is 7.34. The molecule has 1 unspecified atom stereocenters. The third-order valence-electron chi connectivity index (χ3n) is 4.03. The van der Waals surface area contributed by atoms with Gasteiger partial charge in [-0.3, -0.25) is 0 Å². The standard InChI is InChI=1S/C14H25N3O2S/c1-6-11-8-7-9-12-14(20(18,19)16(4)5)15-13(10(2)3)17(11)12/h10-11H,6-9H2,1-5H3. The van der Waals surface area contributed by atoms with Gasteiger partial charge in [-0.1, -0.05) is 20.8 Å². The van der Waals surface area contributed by atoms with Crippen LogP contribution in [0, 0.1) is 0 Å². The molecule has 0 aliphatic carbocycles. The zero-order valence-electron chi connectivity index (χ0n) is 13.0. The zero-order chi connectivity index (χ0) is 15.1. The van der Waals surface area contributed by atoms with Gasteiger partial charge in [-0.15, -0.1) is 0 Å². The molecule has 0 spiro atoms. The van der Waals surface area contributed by atoms with Gasteiger partial charge in [0.05, 0.1) is 5.69 Å². The molecule has 2 heterocycles. The van der Waals surface area contributed by atoms with Crippen molar-refractivity contribution in [3.63, 3.8) is 0 Å². The molecule has 0 bridgehead atoms. The summed E-state index contributed by atoms with van der Waals surface area (Å²) in [5, 5.41) is 0.268. The lowest BCUT2D eigenvalue weighted by Crippen LogP contribution is -2.25. The van der Waals surface area contributed by atoms with Gasteiger partial charge in [0, 0.05) is 26.1 Å².